The van der Waals surface area contributed by atoms with E-state index < -0.39 is 186 Å². The quantitative estimate of drug-likeness (QED) is 0.0623. The van der Waals surface area contributed by atoms with Gasteiger partial charge >= 0.3 is 5.97 Å². The van der Waals surface area contributed by atoms with Crippen LogP contribution in [0.25, 0.3) is 0 Å². The number of nitrogens with two attached hydrogens (primary N) is 1. The van der Waals surface area contributed by atoms with E-state index in [1.165, 1.54) is 98.4 Å². The molecule has 3 aromatic carbocycles. The lowest BCUT2D eigenvalue weighted by molar-refractivity contribution is -0.139. The number of aromatic amines is 1. The fourth-order valence-electron chi connectivity index (χ4n) is 13.9. The predicted octanol–water partition coefficient (Wildman–Crippen LogP) is 1.28. The smallest absolute Gasteiger partial charge is 0.303 e. The maximum atomic E-state index is 15.1. The van der Waals surface area contributed by atoms with Gasteiger partial charge in [-0.1, -0.05) is 108 Å². The number of aromatic nitrogens is 3. The molecule has 1 fully saturated rings. The topological polar surface area (TPSA) is 535 Å². The van der Waals surface area contributed by atoms with Crippen LogP contribution in [-0.2, 0) is 93.1 Å². The van der Waals surface area contributed by atoms with Gasteiger partial charge in [0.25, 0.3) is 0 Å². The average Bonchev–Trinajstić information content (AvgIpc) is 1.60. The van der Waals surface area contributed by atoms with Crippen molar-refractivity contribution in [3.05, 3.63) is 137 Å². The number of benzene rings is 3. The van der Waals surface area contributed by atoms with Crippen LogP contribution < -0.4 is 69.5 Å². The van der Waals surface area contributed by atoms with Gasteiger partial charge in [-0.2, -0.15) is 23.5 Å². The number of amides is 12. The van der Waals surface area contributed by atoms with Gasteiger partial charge in [0.2, 0.25) is 70.9 Å². The Morgan fingerprint density at radius 1 is 0.569 bits per heavy atom. The number of aliphatic carboxylic acids is 1. The molecule has 2 aromatic heterocycles. The lowest BCUT2D eigenvalue weighted by atomic mass is 9.83. The van der Waals surface area contributed by atoms with Crippen molar-refractivity contribution in [2.24, 2.45) is 17.1 Å². The summed E-state index contributed by atoms with van der Waals surface area (Å²) in [5, 5.41) is 85.7. The number of carboxylic acid groups (broad SMARTS) is 1. The number of phenolic OH excluding ortho intramolecular Hbond substituents is 2. The summed E-state index contributed by atoms with van der Waals surface area (Å²) in [6, 6.07) is 5.08. The summed E-state index contributed by atoms with van der Waals surface area (Å²) in [5.74, 6) is -12.4. The van der Waals surface area contributed by atoms with E-state index in [2.05, 4.69) is 78.8 Å². The van der Waals surface area contributed by atoms with Crippen molar-refractivity contribution in [2.45, 2.75) is 228 Å². The van der Waals surface area contributed by atoms with Crippen LogP contribution in [0, 0.1) is 11.3 Å². The second-order valence-corrected chi connectivity index (χ2v) is 32.8. The molecular weight excluding hydrogens is 1540 g/mol. The number of thioether (sulfide) groups is 2. The highest BCUT2D eigenvalue weighted by Gasteiger charge is 2.42. The van der Waals surface area contributed by atoms with Gasteiger partial charge in [-0.15, -0.1) is 0 Å². The zero-order chi connectivity index (χ0) is 84.3. The van der Waals surface area contributed by atoms with Crippen molar-refractivity contribution in [3.8, 4) is 11.5 Å². The first-order chi connectivity index (χ1) is 55.2. The molecule has 0 saturated heterocycles. The number of rotatable bonds is 17. The van der Waals surface area contributed by atoms with E-state index in [0.717, 1.165) is 17.5 Å². The summed E-state index contributed by atoms with van der Waals surface area (Å²) in [6.45, 7) is 9.45. The number of pyridine rings is 1. The summed E-state index contributed by atoms with van der Waals surface area (Å²) in [6.07, 6.45) is 1.55. The summed E-state index contributed by atoms with van der Waals surface area (Å²) in [7, 11) is 0. The Bertz CT molecular complexity index is 4220. The number of anilines is 1. The molecule has 36 heteroatoms. The van der Waals surface area contributed by atoms with Crippen LogP contribution in [0.2, 0.25) is 0 Å². The Hall–Kier alpha value is -10.9. The van der Waals surface area contributed by atoms with E-state index in [-0.39, 0.29) is 74.4 Å². The molecule has 5 aromatic rings. The maximum absolute atomic E-state index is 15.1. The highest BCUT2D eigenvalue weighted by molar-refractivity contribution is 7.98. The molecule has 4 heterocycles. The van der Waals surface area contributed by atoms with E-state index in [9.17, 15) is 78.3 Å². The number of hydrogen-bond donors (Lipinski definition) is 19. The van der Waals surface area contributed by atoms with Crippen LogP contribution in [0.4, 0.5) is 5.82 Å². The van der Waals surface area contributed by atoms with Crippen molar-refractivity contribution in [3.63, 3.8) is 0 Å². The number of imidazole rings is 1. The van der Waals surface area contributed by atoms with Crippen molar-refractivity contribution < 1.29 is 87.9 Å². The summed E-state index contributed by atoms with van der Waals surface area (Å²) >= 11 is 2.69. The van der Waals surface area contributed by atoms with Gasteiger partial charge in [0, 0.05) is 80.0 Å². The summed E-state index contributed by atoms with van der Waals surface area (Å²) in [4.78, 5) is 199. The molecule has 628 valence electrons. The minimum Gasteiger partial charge on any atom is -0.508 e. The third-order valence-electron chi connectivity index (χ3n) is 20.3. The highest BCUT2D eigenvalue weighted by Crippen LogP contribution is 2.33. The Labute approximate surface area is 680 Å². The fourth-order valence-corrected chi connectivity index (χ4v) is 15.8. The maximum Gasteiger partial charge on any atom is 0.303 e. The average molecular weight is 1650 g/mol. The number of aromatic hydroxyl groups is 2. The number of carbonyl (C=O) groups excluding carboxylic acids is 12. The lowest BCUT2D eigenvalue weighted by Crippen LogP contribution is -2.63. The molecular formula is C80H108N16O18S2. The molecule has 14 atom stereocenters. The third-order valence-corrected chi connectivity index (χ3v) is 22.4. The van der Waals surface area contributed by atoms with Crippen LogP contribution in [0.3, 0.4) is 0 Å². The molecule has 12 amide bonds. The van der Waals surface area contributed by atoms with Crippen molar-refractivity contribution >= 4 is 106 Å². The van der Waals surface area contributed by atoms with E-state index in [1.54, 1.807) is 46.0 Å². The van der Waals surface area contributed by atoms with Crippen LogP contribution >= 0.6 is 23.5 Å². The van der Waals surface area contributed by atoms with Gasteiger partial charge in [0.1, 0.15) is 83.8 Å². The van der Waals surface area contributed by atoms with E-state index in [1.807, 2.05) is 24.3 Å². The van der Waals surface area contributed by atoms with Crippen LogP contribution in [0.5, 0.6) is 11.5 Å². The standard InChI is InChI=1S/C80H108N16O18S2/c1-7-13-55-70(105)87-56(27-28-63(102)103)71(106)88-58(34-46-21-25-53(100)26-22-46)74(109)96-66(49-16-9-8-10-17-49)78(113)95-65(44(3)98)77(112)92-61(68(81)104)41-116-40-48-15-11-14-47(32-48)39-115-31-29-62(101)93-67(80(4,5)6)79(114)91-57(33-45-19-23-52(99)24-20-45)72(107)89-60(36-51-38-82-42-85-51)75(110)94-64(43(2)97)76(111)90-59(73(108)86-55)35-50-37-84-69-54(50)18-12-30-83-69/h11-12,14-15,18-26,30,32,38,42-44,49-50,55-61,64-67,97-100H,7-10,13,16-17,27-29,31,33-37,39-41H2,1-6H3,(H2,81,104)(H,82,85)(H,83,84)(H,86,108)(H,87,105)(H,88,106)(H,89,107)(H,90,111)(H,91,114)(H,92,112)(H,93,101)(H,94,110)(H,95,113)(H,96,109)(H,102,103)/t43-,44-,50?,55+,56+,57+,58+,59+,60+,61-,64+,65+,66+,67-/m1/s1. The van der Waals surface area contributed by atoms with E-state index in [0.29, 0.717) is 65.5 Å². The van der Waals surface area contributed by atoms with Gasteiger partial charge < -0.3 is 100 Å². The SMILES string of the molecule is CCC[C@@H]1NC(=O)[C@H](CC2CNc3ncccc32)NC(=O)[C@H]([C@@H](C)O)NC(=O)[C@H](Cc2c[nH]cn2)NC(=O)[C@H](Cc2ccc(O)cc2)NC(=O)[C@H](C(C)(C)C)NC(=O)CCSCc2cccc(c2)CSC[C@H](C(N)=O)NC(=O)[C@H]([C@@H](C)O)NC(=O)[C@H](C2CCCCC2)NC(=O)[C@H](Cc2ccc(O)cc2)NC(=O)[C@H](CCC(=O)O)NC1=O. The fraction of sp³-hybridized carbons (Fsp3) is 0.512. The van der Waals surface area contributed by atoms with E-state index >= 15 is 9.59 Å². The number of primary amides is 1. The first-order valence-electron chi connectivity index (χ1n) is 38.9. The van der Waals surface area contributed by atoms with Gasteiger partial charge in [-0.25, -0.2) is 9.97 Å². The van der Waals surface area contributed by atoms with Gasteiger partial charge in [-0.3, -0.25) is 62.3 Å². The molecule has 8 rings (SSSR count). The molecule has 2 aliphatic heterocycles. The molecule has 3 aliphatic rings. The number of aliphatic hydroxyl groups excluding tert-OH is 2. The van der Waals surface area contributed by atoms with Gasteiger partial charge in [0.05, 0.1) is 24.2 Å². The first kappa shape index (κ1) is 90.7. The molecule has 0 spiro atoms. The summed E-state index contributed by atoms with van der Waals surface area (Å²) in [5.41, 5.74) is 8.31. The zero-order valence-corrected chi connectivity index (χ0v) is 67.4. The third kappa shape index (κ3) is 27.7. The number of nitrogens with one attached hydrogen (secondary N) is 13. The molecule has 34 nitrogen and oxygen atoms in total. The number of carbonyl (C=O) groups is 13. The normalized spacial score (nSPS) is 25.2. The number of fused-ring (bicyclic) bond motifs is 3. The minimum absolute atomic E-state index is 0.0375. The molecule has 0 radical (unpaired) electrons. The first-order valence-corrected chi connectivity index (χ1v) is 41.2. The lowest BCUT2D eigenvalue weighted by Gasteiger charge is -2.33. The van der Waals surface area contributed by atoms with Crippen LogP contribution in [-0.4, -0.2) is 214 Å². The van der Waals surface area contributed by atoms with Crippen molar-refractivity contribution in [1.82, 2.24) is 73.4 Å². The van der Waals surface area contributed by atoms with E-state index in [4.69, 9.17) is 5.73 Å². The number of aliphatic hydroxyl groups is 2. The van der Waals surface area contributed by atoms with Crippen LogP contribution in [0.1, 0.15) is 152 Å². The van der Waals surface area contributed by atoms with Crippen molar-refractivity contribution in [2.75, 3.05) is 23.4 Å². The highest BCUT2D eigenvalue weighted by atomic mass is 32.2. The largest absolute Gasteiger partial charge is 0.508 e. The Morgan fingerprint density at radius 2 is 1.09 bits per heavy atom. The van der Waals surface area contributed by atoms with Crippen molar-refractivity contribution in [1.29, 1.82) is 0 Å². The minimum atomic E-state index is -1.89. The number of carboxylic acids is 1. The van der Waals surface area contributed by atoms with Gasteiger partial charge in [0.15, 0.2) is 0 Å². The van der Waals surface area contributed by atoms with Gasteiger partial charge in [-0.05, 0) is 115 Å². The molecule has 116 heavy (non-hydrogen) atoms. The zero-order valence-electron chi connectivity index (χ0n) is 65.7. The van der Waals surface area contributed by atoms with Crippen LogP contribution in [0.15, 0.2) is 104 Å². The number of nitrogens with zero attached hydrogens (tertiary/aromatic N) is 2. The molecule has 20 N–H and O–H groups in total. The second kappa shape index (κ2) is 43.8. The Morgan fingerprint density at radius 3 is 1.65 bits per heavy atom. The second-order valence-electron chi connectivity index (χ2n) is 30.7. The molecule has 2 bridgehead atoms. The summed E-state index contributed by atoms with van der Waals surface area (Å²) < 4.78 is 0. The molecule has 1 saturated carbocycles. The predicted molar refractivity (Wildman–Crippen MR) is 431 cm³/mol. The number of phenols is 2. The number of H-pyrrole nitrogens is 1. The Balaban J connectivity index is 1.14. The molecule has 1 aliphatic carbocycles. The number of hydrogen-bond acceptors (Lipinski definition) is 22. The Kier molecular flexibility index (Phi) is 34.2. The molecule has 1 unspecified atom stereocenters. The monoisotopic (exact) mass is 1640 g/mol.